The van der Waals surface area contributed by atoms with Gasteiger partial charge in [0.1, 0.15) is 12.4 Å². The minimum Gasteiger partial charge on any atom is -0.494 e. The van der Waals surface area contributed by atoms with E-state index in [1.807, 2.05) is 31.2 Å². The molecule has 5 nitrogen and oxygen atoms in total. The number of benzene rings is 1. The number of ether oxygens (including phenoxy) is 2. The van der Waals surface area contributed by atoms with Gasteiger partial charge in [0, 0.05) is 12.6 Å². The van der Waals surface area contributed by atoms with E-state index < -0.39 is 5.91 Å². The van der Waals surface area contributed by atoms with Gasteiger partial charge in [-0.25, -0.2) is 0 Å². The van der Waals surface area contributed by atoms with E-state index in [1.165, 1.54) is 5.56 Å². The van der Waals surface area contributed by atoms with Crippen LogP contribution in [0.3, 0.4) is 0 Å². The van der Waals surface area contributed by atoms with Crippen molar-refractivity contribution in [1.29, 1.82) is 0 Å². The van der Waals surface area contributed by atoms with Crippen LogP contribution in [0.1, 0.15) is 25.5 Å². The van der Waals surface area contributed by atoms with Crippen molar-refractivity contribution in [3.8, 4) is 5.75 Å². The van der Waals surface area contributed by atoms with E-state index in [2.05, 4.69) is 12.2 Å². The summed E-state index contributed by atoms with van der Waals surface area (Å²) in [5, 5.41) is 3.31. The number of hydrogen-bond acceptors (Lipinski definition) is 4. The SMILES string of the molecule is CCOc1ccc(C(C)NCCOCC(N)=O)cc1. The molecule has 3 N–H and O–H groups in total. The summed E-state index contributed by atoms with van der Waals surface area (Å²) in [6.45, 7) is 5.81. The summed E-state index contributed by atoms with van der Waals surface area (Å²) in [6.07, 6.45) is 0. The third-order valence-electron chi connectivity index (χ3n) is 2.63. The molecule has 1 unspecified atom stereocenters. The number of nitrogens with two attached hydrogens (primary N) is 1. The Balaban J connectivity index is 2.28. The van der Waals surface area contributed by atoms with E-state index in [9.17, 15) is 4.79 Å². The van der Waals surface area contributed by atoms with Gasteiger partial charge in [-0.15, -0.1) is 0 Å². The lowest BCUT2D eigenvalue weighted by atomic mass is 10.1. The first-order valence-electron chi connectivity index (χ1n) is 6.45. The van der Waals surface area contributed by atoms with Crippen LogP contribution < -0.4 is 15.8 Å². The van der Waals surface area contributed by atoms with Gasteiger partial charge in [-0.05, 0) is 31.5 Å². The van der Waals surface area contributed by atoms with E-state index in [0.29, 0.717) is 19.8 Å². The molecule has 0 saturated heterocycles. The van der Waals surface area contributed by atoms with Crippen molar-refractivity contribution in [2.75, 3.05) is 26.4 Å². The fourth-order valence-electron chi connectivity index (χ4n) is 1.66. The van der Waals surface area contributed by atoms with Gasteiger partial charge in [-0.1, -0.05) is 12.1 Å². The van der Waals surface area contributed by atoms with Gasteiger partial charge in [-0.2, -0.15) is 0 Å². The molecule has 0 bridgehead atoms. The summed E-state index contributed by atoms with van der Waals surface area (Å²) in [6, 6.07) is 8.20. The number of carbonyl (C=O) groups excluding carboxylic acids is 1. The van der Waals surface area contributed by atoms with E-state index in [-0.39, 0.29) is 12.6 Å². The van der Waals surface area contributed by atoms with Crippen molar-refractivity contribution in [3.63, 3.8) is 0 Å². The summed E-state index contributed by atoms with van der Waals surface area (Å²) in [7, 11) is 0. The maximum Gasteiger partial charge on any atom is 0.243 e. The van der Waals surface area contributed by atoms with E-state index in [1.54, 1.807) is 0 Å². The number of primary amides is 1. The second-order valence-electron chi connectivity index (χ2n) is 4.20. The maximum absolute atomic E-state index is 10.5. The fourth-order valence-corrected chi connectivity index (χ4v) is 1.66. The lowest BCUT2D eigenvalue weighted by molar-refractivity contribution is -0.122. The predicted molar refractivity (Wildman–Crippen MR) is 74.0 cm³/mol. The Labute approximate surface area is 114 Å². The molecule has 1 atom stereocenters. The van der Waals surface area contributed by atoms with E-state index >= 15 is 0 Å². The molecule has 1 rings (SSSR count). The molecule has 5 heteroatoms. The van der Waals surface area contributed by atoms with Gasteiger partial charge in [0.05, 0.1) is 13.2 Å². The second kappa shape index (κ2) is 8.50. The molecule has 0 aromatic heterocycles. The standard InChI is InChI=1S/C14H22N2O3/c1-3-19-13-6-4-12(5-7-13)11(2)16-8-9-18-10-14(15)17/h4-7,11,16H,3,8-10H2,1-2H3,(H2,15,17). The summed E-state index contributed by atoms with van der Waals surface area (Å²) in [5.74, 6) is 0.433. The molecule has 106 valence electrons. The Morgan fingerprint density at radius 3 is 2.63 bits per heavy atom. The molecule has 0 heterocycles. The largest absolute Gasteiger partial charge is 0.494 e. The molecule has 0 aliphatic rings. The summed E-state index contributed by atoms with van der Waals surface area (Å²) < 4.78 is 10.5. The third-order valence-corrected chi connectivity index (χ3v) is 2.63. The highest BCUT2D eigenvalue weighted by Crippen LogP contribution is 2.17. The average molecular weight is 266 g/mol. The average Bonchev–Trinajstić information content (AvgIpc) is 2.39. The first kappa shape index (κ1) is 15.5. The second-order valence-corrected chi connectivity index (χ2v) is 4.20. The molecule has 0 aliphatic carbocycles. The van der Waals surface area contributed by atoms with Crippen molar-refractivity contribution < 1.29 is 14.3 Å². The molecule has 1 aromatic rings. The molecule has 0 fully saturated rings. The number of amides is 1. The smallest absolute Gasteiger partial charge is 0.243 e. The highest BCUT2D eigenvalue weighted by atomic mass is 16.5. The lowest BCUT2D eigenvalue weighted by Gasteiger charge is -2.14. The Bertz CT molecular complexity index is 379. The number of hydrogen-bond donors (Lipinski definition) is 2. The zero-order chi connectivity index (χ0) is 14.1. The fraction of sp³-hybridized carbons (Fsp3) is 0.500. The number of nitrogens with one attached hydrogen (secondary N) is 1. The van der Waals surface area contributed by atoms with Crippen molar-refractivity contribution in [1.82, 2.24) is 5.32 Å². The number of carbonyl (C=O) groups is 1. The monoisotopic (exact) mass is 266 g/mol. The Morgan fingerprint density at radius 1 is 1.37 bits per heavy atom. The van der Waals surface area contributed by atoms with Crippen LogP contribution in [0.2, 0.25) is 0 Å². The maximum atomic E-state index is 10.5. The van der Waals surface area contributed by atoms with Crippen LogP contribution in [0.4, 0.5) is 0 Å². The molecule has 1 amide bonds. The Hall–Kier alpha value is -1.59. The van der Waals surface area contributed by atoms with Crippen molar-refractivity contribution >= 4 is 5.91 Å². The zero-order valence-electron chi connectivity index (χ0n) is 11.5. The molecule has 0 saturated carbocycles. The van der Waals surface area contributed by atoms with Crippen molar-refractivity contribution in [2.24, 2.45) is 5.73 Å². The van der Waals surface area contributed by atoms with Gasteiger partial charge < -0.3 is 20.5 Å². The predicted octanol–water partition coefficient (Wildman–Crippen LogP) is 1.24. The quantitative estimate of drug-likeness (QED) is 0.659. The van der Waals surface area contributed by atoms with Crippen LogP contribution >= 0.6 is 0 Å². The third kappa shape index (κ3) is 6.22. The van der Waals surface area contributed by atoms with E-state index in [4.69, 9.17) is 15.2 Å². The molecule has 19 heavy (non-hydrogen) atoms. The molecule has 0 radical (unpaired) electrons. The van der Waals surface area contributed by atoms with E-state index in [0.717, 1.165) is 5.75 Å². The minimum absolute atomic E-state index is 0.0287. The lowest BCUT2D eigenvalue weighted by Crippen LogP contribution is -2.25. The normalized spacial score (nSPS) is 12.1. The molecular formula is C14H22N2O3. The van der Waals surface area contributed by atoms with Crippen LogP contribution in [-0.4, -0.2) is 32.3 Å². The minimum atomic E-state index is -0.445. The van der Waals surface area contributed by atoms with Crippen LogP contribution in [0.5, 0.6) is 5.75 Å². The van der Waals surface area contributed by atoms with Gasteiger partial charge in [0.25, 0.3) is 0 Å². The topological polar surface area (TPSA) is 73.6 Å². The molecule has 0 aliphatic heterocycles. The Kier molecular flexibility index (Phi) is 6.92. The van der Waals surface area contributed by atoms with Gasteiger partial charge in [-0.3, -0.25) is 4.79 Å². The van der Waals surface area contributed by atoms with Crippen LogP contribution in [-0.2, 0) is 9.53 Å². The summed E-state index contributed by atoms with van der Waals surface area (Å²) in [4.78, 5) is 10.5. The van der Waals surface area contributed by atoms with Crippen molar-refractivity contribution in [3.05, 3.63) is 29.8 Å². The first-order valence-corrected chi connectivity index (χ1v) is 6.45. The summed E-state index contributed by atoms with van der Waals surface area (Å²) in [5.41, 5.74) is 6.15. The van der Waals surface area contributed by atoms with Gasteiger partial charge in [0.2, 0.25) is 5.91 Å². The number of rotatable bonds is 9. The van der Waals surface area contributed by atoms with Crippen LogP contribution in [0, 0.1) is 0 Å². The summed E-state index contributed by atoms with van der Waals surface area (Å²) >= 11 is 0. The van der Waals surface area contributed by atoms with Gasteiger partial charge >= 0.3 is 0 Å². The highest BCUT2D eigenvalue weighted by Gasteiger charge is 2.04. The van der Waals surface area contributed by atoms with Crippen LogP contribution in [0.15, 0.2) is 24.3 Å². The molecular weight excluding hydrogens is 244 g/mol. The van der Waals surface area contributed by atoms with Gasteiger partial charge in [0.15, 0.2) is 0 Å². The first-order chi connectivity index (χ1) is 9.13. The van der Waals surface area contributed by atoms with Crippen molar-refractivity contribution in [2.45, 2.75) is 19.9 Å². The van der Waals surface area contributed by atoms with Crippen LogP contribution in [0.25, 0.3) is 0 Å². The Morgan fingerprint density at radius 2 is 2.05 bits per heavy atom. The molecule has 0 spiro atoms. The zero-order valence-corrected chi connectivity index (χ0v) is 11.5. The molecule has 1 aromatic carbocycles. The highest BCUT2D eigenvalue weighted by molar-refractivity contribution is 5.74.